The van der Waals surface area contributed by atoms with Crippen LogP contribution >= 0.6 is 24.0 Å². The van der Waals surface area contributed by atoms with Gasteiger partial charge in [0, 0.05) is 5.38 Å². The molecule has 1 heterocycles. The molecule has 0 aliphatic heterocycles. The summed E-state index contributed by atoms with van der Waals surface area (Å²) in [6.07, 6.45) is 0. The van der Waals surface area contributed by atoms with Gasteiger partial charge < -0.3 is 10.4 Å². The van der Waals surface area contributed by atoms with E-state index < -0.39 is 17.3 Å². The first-order valence-corrected chi connectivity index (χ1v) is 5.09. The number of likely N-dealkylation sites (N-methyl/N-ethyl adjacent to an activating group) is 1. The smallest absolute Gasteiger partial charge is 0.322 e. The van der Waals surface area contributed by atoms with Crippen molar-refractivity contribution >= 4 is 29.9 Å². The van der Waals surface area contributed by atoms with Crippen molar-refractivity contribution in [2.45, 2.75) is 11.3 Å². The Morgan fingerprint density at radius 1 is 1.85 bits per heavy atom. The quantitative estimate of drug-likeness (QED) is 0.654. The maximum absolute atomic E-state index is 10.7. The number of carbonyl (C=O) groups is 1. The van der Waals surface area contributed by atoms with E-state index in [0.29, 0.717) is 5.69 Å². The van der Waals surface area contributed by atoms with E-state index in [1.165, 1.54) is 11.3 Å². The molecule has 6 heteroatoms. The summed E-state index contributed by atoms with van der Waals surface area (Å²) in [4.78, 5) is 14.7. The number of hydrogen-bond acceptors (Lipinski definition) is 5. The highest BCUT2D eigenvalue weighted by molar-refractivity contribution is 7.80. The topological polar surface area (TPSA) is 62.2 Å². The van der Waals surface area contributed by atoms with Crippen LogP contribution in [0.25, 0.3) is 0 Å². The summed E-state index contributed by atoms with van der Waals surface area (Å²) < 4.78 is 0. The zero-order chi connectivity index (χ0) is 9.84. The summed E-state index contributed by atoms with van der Waals surface area (Å²) in [6.45, 7) is 0. The Morgan fingerprint density at radius 3 is 2.92 bits per heavy atom. The van der Waals surface area contributed by atoms with E-state index in [-0.39, 0.29) is 0 Å². The number of carboxylic acid groups (broad SMARTS) is 1. The first-order valence-electron chi connectivity index (χ1n) is 3.63. The molecule has 0 aliphatic rings. The Balaban J connectivity index is 2.76. The van der Waals surface area contributed by atoms with Gasteiger partial charge in [0.15, 0.2) is 0 Å². The number of carboxylic acids is 1. The average Bonchev–Trinajstić information content (AvgIpc) is 2.56. The minimum atomic E-state index is -0.921. The maximum atomic E-state index is 10.7. The lowest BCUT2D eigenvalue weighted by molar-refractivity contribution is -0.139. The number of thiol groups is 1. The molecule has 0 amide bonds. The van der Waals surface area contributed by atoms with Gasteiger partial charge in [-0.05, 0) is 7.05 Å². The van der Waals surface area contributed by atoms with Crippen molar-refractivity contribution in [3.63, 3.8) is 0 Å². The molecule has 0 saturated heterocycles. The Bertz CT molecular complexity index is 276. The first kappa shape index (κ1) is 10.5. The standard InChI is InChI=1S/C7H10N2O2S2/c1-8-5(7(10)11)6(12)4-2-13-3-9-4/h2-3,5-6,8,12H,1H3,(H,10,11)/t5-,6?/m0/s1. The summed E-state index contributed by atoms with van der Waals surface area (Å²) in [5, 5.41) is 12.9. The zero-order valence-corrected chi connectivity index (χ0v) is 8.68. The van der Waals surface area contributed by atoms with Crippen LogP contribution in [0.1, 0.15) is 10.9 Å². The lowest BCUT2D eigenvalue weighted by Crippen LogP contribution is -2.37. The van der Waals surface area contributed by atoms with Crippen molar-refractivity contribution in [1.29, 1.82) is 0 Å². The third-order valence-electron chi connectivity index (χ3n) is 1.65. The van der Waals surface area contributed by atoms with Crippen LogP contribution in [0.2, 0.25) is 0 Å². The molecule has 1 unspecified atom stereocenters. The molecule has 0 spiro atoms. The fourth-order valence-corrected chi connectivity index (χ4v) is 2.06. The van der Waals surface area contributed by atoms with Crippen molar-refractivity contribution < 1.29 is 9.90 Å². The molecule has 1 rings (SSSR count). The highest BCUT2D eigenvalue weighted by atomic mass is 32.1. The van der Waals surface area contributed by atoms with Crippen molar-refractivity contribution in [2.24, 2.45) is 0 Å². The average molecular weight is 218 g/mol. The summed E-state index contributed by atoms with van der Waals surface area (Å²) in [5.41, 5.74) is 2.35. The number of nitrogens with one attached hydrogen (secondary N) is 1. The van der Waals surface area contributed by atoms with Gasteiger partial charge in [0.1, 0.15) is 6.04 Å². The van der Waals surface area contributed by atoms with Crippen molar-refractivity contribution in [2.75, 3.05) is 7.05 Å². The van der Waals surface area contributed by atoms with Gasteiger partial charge in [-0.25, -0.2) is 4.98 Å². The molecular weight excluding hydrogens is 208 g/mol. The van der Waals surface area contributed by atoms with E-state index in [4.69, 9.17) is 5.11 Å². The van der Waals surface area contributed by atoms with E-state index in [9.17, 15) is 4.79 Å². The van der Waals surface area contributed by atoms with Crippen LogP contribution in [0.5, 0.6) is 0 Å². The summed E-state index contributed by atoms with van der Waals surface area (Å²) in [7, 11) is 1.59. The van der Waals surface area contributed by atoms with Crippen molar-refractivity contribution in [1.82, 2.24) is 10.3 Å². The van der Waals surface area contributed by atoms with Gasteiger partial charge in [0.2, 0.25) is 0 Å². The molecule has 0 radical (unpaired) electrons. The predicted octanol–water partition coefficient (Wildman–Crippen LogP) is 0.787. The zero-order valence-electron chi connectivity index (χ0n) is 6.97. The molecule has 4 nitrogen and oxygen atoms in total. The highest BCUT2D eigenvalue weighted by Gasteiger charge is 2.25. The number of thiazole rings is 1. The molecule has 13 heavy (non-hydrogen) atoms. The summed E-state index contributed by atoms with van der Waals surface area (Å²) >= 11 is 5.63. The molecule has 0 bridgehead atoms. The van der Waals surface area contributed by atoms with Crippen LogP contribution in [-0.2, 0) is 4.79 Å². The second-order valence-electron chi connectivity index (χ2n) is 2.46. The second kappa shape index (κ2) is 4.59. The lowest BCUT2D eigenvalue weighted by atomic mass is 10.1. The number of hydrogen-bond donors (Lipinski definition) is 3. The summed E-state index contributed by atoms with van der Waals surface area (Å²) in [5.74, 6) is -0.921. The lowest BCUT2D eigenvalue weighted by Gasteiger charge is -2.16. The highest BCUT2D eigenvalue weighted by Crippen LogP contribution is 2.23. The van der Waals surface area contributed by atoms with Gasteiger partial charge in [-0.3, -0.25) is 4.79 Å². The maximum Gasteiger partial charge on any atom is 0.322 e. The van der Waals surface area contributed by atoms with Crippen LogP contribution in [0.15, 0.2) is 10.9 Å². The molecule has 0 saturated carbocycles. The van der Waals surface area contributed by atoms with E-state index in [1.54, 1.807) is 17.9 Å². The van der Waals surface area contributed by atoms with Crippen LogP contribution in [-0.4, -0.2) is 29.1 Å². The summed E-state index contributed by atoms with van der Waals surface area (Å²) in [6, 6.07) is -0.703. The number of aromatic nitrogens is 1. The van der Waals surface area contributed by atoms with E-state index >= 15 is 0 Å². The number of nitrogens with zero attached hydrogens (tertiary/aromatic N) is 1. The fraction of sp³-hybridized carbons (Fsp3) is 0.429. The van der Waals surface area contributed by atoms with E-state index in [2.05, 4.69) is 22.9 Å². The van der Waals surface area contributed by atoms with Gasteiger partial charge in [-0.2, -0.15) is 12.6 Å². The van der Waals surface area contributed by atoms with E-state index in [1.807, 2.05) is 0 Å². The Morgan fingerprint density at radius 2 is 2.54 bits per heavy atom. The van der Waals surface area contributed by atoms with Gasteiger partial charge in [0.05, 0.1) is 16.5 Å². The molecule has 0 fully saturated rings. The van der Waals surface area contributed by atoms with Gasteiger partial charge >= 0.3 is 5.97 Å². The second-order valence-corrected chi connectivity index (χ2v) is 3.74. The molecule has 1 aromatic heterocycles. The van der Waals surface area contributed by atoms with Gasteiger partial charge in [-0.1, -0.05) is 0 Å². The fourth-order valence-electron chi connectivity index (χ4n) is 0.955. The first-order chi connectivity index (χ1) is 6.16. The minimum absolute atomic E-state index is 0.409. The molecule has 0 aromatic carbocycles. The molecule has 0 aliphatic carbocycles. The number of aliphatic carboxylic acids is 1. The van der Waals surface area contributed by atoms with Crippen molar-refractivity contribution in [3.05, 3.63) is 16.6 Å². The Kier molecular flexibility index (Phi) is 3.71. The van der Waals surface area contributed by atoms with Crippen LogP contribution in [0.4, 0.5) is 0 Å². The molecule has 2 N–H and O–H groups in total. The molecular formula is C7H10N2O2S2. The van der Waals surface area contributed by atoms with Gasteiger partial charge in [0.25, 0.3) is 0 Å². The predicted molar refractivity (Wildman–Crippen MR) is 54.3 cm³/mol. The largest absolute Gasteiger partial charge is 0.480 e. The van der Waals surface area contributed by atoms with Crippen LogP contribution in [0, 0.1) is 0 Å². The third kappa shape index (κ3) is 2.43. The number of rotatable bonds is 4. The molecule has 1 aromatic rings. The van der Waals surface area contributed by atoms with Crippen molar-refractivity contribution in [3.8, 4) is 0 Å². The van der Waals surface area contributed by atoms with Crippen LogP contribution in [0.3, 0.4) is 0 Å². The monoisotopic (exact) mass is 218 g/mol. The normalized spacial score (nSPS) is 15.2. The molecule has 72 valence electrons. The minimum Gasteiger partial charge on any atom is -0.480 e. The van der Waals surface area contributed by atoms with Gasteiger partial charge in [-0.15, -0.1) is 11.3 Å². The Labute approximate surface area is 85.4 Å². The molecule has 2 atom stereocenters. The third-order valence-corrected chi connectivity index (χ3v) is 2.81. The van der Waals surface area contributed by atoms with Crippen LogP contribution < -0.4 is 5.32 Å². The van der Waals surface area contributed by atoms with E-state index in [0.717, 1.165) is 0 Å². The SMILES string of the molecule is CN[C@H](C(=O)O)C(S)c1cscn1. The Hall–Kier alpha value is -0.590.